The van der Waals surface area contributed by atoms with Gasteiger partial charge in [-0.15, -0.1) is 0 Å². The lowest BCUT2D eigenvalue weighted by molar-refractivity contribution is 0.453. The predicted molar refractivity (Wildman–Crippen MR) is 82.3 cm³/mol. The third kappa shape index (κ3) is 4.19. The van der Waals surface area contributed by atoms with Gasteiger partial charge in [-0.05, 0) is 37.5 Å². The van der Waals surface area contributed by atoms with Crippen molar-refractivity contribution in [1.82, 2.24) is 9.62 Å². The van der Waals surface area contributed by atoms with E-state index in [2.05, 4.69) is 5.32 Å². The van der Waals surface area contributed by atoms with Crippen molar-refractivity contribution >= 4 is 21.6 Å². The van der Waals surface area contributed by atoms with Crippen molar-refractivity contribution in [2.45, 2.75) is 37.6 Å². The lowest BCUT2D eigenvalue weighted by Gasteiger charge is -2.22. The number of hydrogen-bond acceptors (Lipinski definition) is 3. The fraction of sp³-hybridized carbons (Fsp3) is 0.571. The minimum absolute atomic E-state index is 0.344. The summed E-state index contributed by atoms with van der Waals surface area (Å²) in [6.45, 7) is 2.60. The van der Waals surface area contributed by atoms with Crippen LogP contribution in [-0.4, -0.2) is 37.6 Å². The molecule has 112 valence electrons. The van der Waals surface area contributed by atoms with Crippen molar-refractivity contribution in [2.24, 2.45) is 0 Å². The van der Waals surface area contributed by atoms with Gasteiger partial charge in [0.2, 0.25) is 10.0 Å². The Balaban J connectivity index is 1.96. The lowest BCUT2D eigenvalue weighted by Crippen LogP contribution is -2.40. The Morgan fingerprint density at radius 2 is 2.15 bits per heavy atom. The molecule has 0 amide bonds. The summed E-state index contributed by atoms with van der Waals surface area (Å²) in [5, 5.41) is 3.46. The zero-order valence-electron chi connectivity index (χ0n) is 11.8. The summed E-state index contributed by atoms with van der Waals surface area (Å²) < 4.78 is 26.2. The molecule has 1 aliphatic rings. The lowest BCUT2D eigenvalue weighted by atomic mass is 10.2. The van der Waals surface area contributed by atoms with Gasteiger partial charge in [-0.1, -0.05) is 23.7 Å². The van der Waals surface area contributed by atoms with Gasteiger partial charge >= 0.3 is 0 Å². The summed E-state index contributed by atoms with van der Waals surface area (Å²) in [4.78, 5) is 0. The highest BCUT2D eigenvalue weighted by Crippen LogP contribution is 2.20. The van der Waals surface area contributed by atoms with E-state index in [0.717, 1.165) is 18.4 Å². The molecular formula is C14H21ClN2O2S. The SMILES string of the molecule is CC(CNC1CC1)S(=O)(=O)N(C)Cc1cccc(Cl)c1. The second-order valence-corrected chi connectivity index (χ2v) is 8.32. The first kappa shape index (κ1) is 15.8. The van der Waals surface area contributed by atoms with E-state index in [4.69, 9.17) is 11.6 Å². The van der Waals surface area contributed by atoms with Crippen LogP contribution in [0.15, 0.2) is 24.3 Å². The van der Waals surface area contributed by atoms with Gasteiger partial charge in [0.15, 0.2) is 0 Å². The number of nitrogens with one attached hydrogen (secondary N) is 1. The van der Waals surface area contributed by atoms with Crippen LogP contribution < -0.4 is 5.32 Å². The van der Waals surface area contributed by atoms with Crippen LogP contribution in [-0.2, 0) is 16.6 Å². The van der Waals surface area contributed by atoms with E-state index in [1.807, 2.05) is 12.1 Å². The summed E-state index contributed by atoms with van der Waals surface area (Å²) >= 11 is 5.92. The molecule has 6 heteroatoms. The van der Waals surface area contributed by atoms with Crippen molar-refractivity contribution in [1.29, 1.82) is 0 Å². The maximum absolute atomic E-state index is 12.4. The predicted octanol–water partition coefficient (Wildman–Crippen LogP) is 2.24. The molecule has 1 atom stereocenters. The fourth-order valence-corrected chi connectivity index (χ4v) is 3.48. The van der Waals surface area contributed by atoms with Crippen molar-refractivity contribution in [3.05, 3.63) is 34.9 Å². The maximum Gasteiger partial charge on any atom is 0.218 e. The minimum atomic E-state index is -3.29. The third-order valence-electron chi connectivity index (χ3n) is 3.51. The molecule has 0 saturated heterocycles. The molecule has 0 aliphatic heterocycles. The first-order valence-electron chi connectivity index (χ1n) is 6.82. The second-order valence-electron chi connectivity index (χ2n) is 5.42. The molecule has 0 radical (unpaired) electrons. The summed E-state index contributed by atoms with van der Waals surface area (Å²) in [6, 6.07) is 7.80. The highest BCUT2D eigenvalue weighted by Gasteiger charge is 2.28. The summed E-state index contributed by atoms with van der Waals surface area (Å²) in [5.74, 6) is 0. The quantitative estimate of drug-likeness (QED) is 0.839. The molecule has 1 unspecified atom stereocenters. The van der Waals surface area contributed by atoms with Gasteiger partial charge in [-0.3, -0.25) is 0 Å². The molecule has 4 nitrogen and oxygen atoms in total. The molecular weight excluding hydrogens is 296 g/mol. The molecule has 1 aromatic rings. The summed E-state index contributed by atoms with van der Waals surface area (Å²) in [7, 11) is -1.68. The van der Waals surface area contributed by atoms with Crippen LogP contribution >= 0.6 is 11.6 Å². The molecule has 1 aromatic carbocycles. The van der Waals surface area contributed by atoms with Crippen LogP contribution in [0.1, 0.15) is 25.3 Å². The van der Waals surface area contributed by atoms with Crippen LogP contribution in [0.5, 0.6) is 0 Å². The highest BCUT2D eigenvalue weighted by molar-refractivity contribution is 7.89. The average Bonchev–Trinajstić information content (AvgIpc) is 3.19. The first-order chi connectivity index (χ1) is 9.39. The number of rotatable bonds is 7. The van der Waals surface area contributed by atoms with Crippen LogP contribution in [0.3, 0.4) is 0 Å². The Labute approximate surface area is 126 Å². The van der Waals surface area contributed by atoms with Crippen LogP contribution in [0, 0.1) is 0 Å². The minimum Gasteiger partial charge on any atom is -0.313 e. The van der Waals surface area contributed by atoms with Gasteiger partial charge in [0.25, 0.3) is 0 Å². The molecule has 1 saturated carbocycles. The molecule has 2 rings (SSSR count). The van der Waals surface area contributed by atoms with Gasteiger partial charge in [0, 0.05) is 31.2 Å². The zero-order chi connectivity index (χ0) is 14.8. The van der Waals surface area contributed by atoms with Crippen LogP contribution in [0.2, 0.25) is 5.02 Å². The van der Waals surface area contributed by atoms with Crippen molar-refractivity contribution < 1.29 is 8.42 Å². The van der Waals surface area contributed by atoms with E-state index < -0.39 is 15.3 Å². The Morgan fingerprint density at radius 3 is 2.75 bits per heavy atom. The topological polar surface area (TPSA) is 49.4 Å². The monoisotopic (exact) mass is 316 g/mol. The zero-order valence-corrected chi connectivity index (χ0v) is 13.4. The maximum atomic E-state index is 12.4. The highest BCUT2D eigenvalue weighted by atomic mass is 35.5. The molecule has 0 heterocycles. The Hall–Kier alpha value is -0.620. The Bertz CT molecular complexity index is 558. The second kappa shape index (κ2) is 6.43. The number of sulfonamides is 1. The van der Waals surface area contributed by atoms with Gasteiger partial charge in [-0.2, -0.15) is 0 Å². The van der Waals surface area contributed by atoms with Gasteiger partial charge in [-0.25, -0.2) is 12.7 Å². The van der Waals surface area contributed by atoms with E-state index in [0.29, 0.717) is 24.2 Å². The molecule has 0 spiro atoms. The summed E-state index contributed by atoms with van der Waals surface area (Å²) in [5.41, 5.74) is 0.894. The fourth-order valence-electron chi connectivity index (χ4n) is 2.01. The van der Waals surface area contributed by atoms with Crippen LogP contribution in [0.4, 0.5) is 0 Å². The number of nitrogens with zero attached hydrogens (tertiary/aromatic N) is 1. The smallest absolute Gasteiger partial charge is 0.218 e. The van der Waals surface area contributed by atoms with E-state index in [1.165, 1.54) is 4.31 Å². The Kier molecular flexibility index (Phi) is 5.07. The van der Waals surface area contributed by atoms with E-state index in [1.54, 1.807) is 26.1 Å². The molecule has 0 bridgehead atoms. The number of halogens is 1. The third-order valence-corrected chi connectivity index (χ3v) is 5.93. The standard InChI is InChI=1S/C14H21ClN2O2S/c1-11(9-16-14-6-7-14)20(18,19)17(2)10-12-4-3-5-13(15)8-12/h3-5,8,11,14,16H,6-7,9-10H2,1-2H3. The first-order valence-corrected chi connectivity index (χ1v) is 8.70. The molecule has 1 N–H and O–H groups in total. The van der Waals surface area contributed by atoms with Gasteiger partial charge in [0.05, 0.1) is 5.25 Å². The van der Waals surface area contributed by atoms with E-state index in [9.17, 15) is 8.42 Å². The normalized spacial score (nSPS) is 17.4. The number of benzene rings is 1. The summed E-state index contributed by atoms with van der Waals surface area (Å²) in [6.07, 6.45) is 2.32. The largest absolute Gasteiger partial charge is 0.313 e. The van der Waals surface area contributed by atoms with Gasteiger partial charge in [0.1, 0.15) is 0 Å². The van der Waals surface area contributed by atoms with E-state index in [-0.39, 0.29) is 0 Å². The van der Waals surface area contributed by atoms with Gasteiger partial charge < -0.3 is 5.32 Å². The molecule has 1 fully saturated rings. The van der Waals surface area contributed by atoms with Crippen molar-refractivity contribution in [3.63, 3.8) is 0 Å². The average molecular weight is 317 g/mol. The molecule has 20 heavy (non-hydrogen) atoms. The number of hydrogen-bond donors (Lipinski definition) is 1. The van der Waals surface area contributed by atoms with Crippen molar-refractivity contribution in [2.75, 3.05) is 13.6 Å². The molecule has 0 aromatic heterocycles. The van der Waals surface area contributed by atoms with Crippen molar-refractivity contribution in [3.8, 4) is 0 Å². The Morgan fingerprint density at radius 1 is 1.45 bits per heavy atom. The molecule has 1 aliphatic carbocycles. The van der Waals surface area contributed by atoms with Crippen LogP contribution in [0.25, 0.3) is 0 Å². The van der Waals surface area contributed by atoms with E-state index >= 15 is 0 Å².